The standard InChI is InChI=1S/C19H24N4O/c24-11-10-23-9-7-19(21-23)16-5-3-8-22(13-16)14-17-12-15-4-1-2-6-18(15)20-17/h1-2,4,6-7,9,12,16,20,24H,3,5,8,10-11,13-14H2/t16-/m0/s1. The number of hydrogen-bond acceptors (Lipinski definition) is 3. The third-order valence-electron chi connectivity index (χ3n) is 4.89. The van der Waals surface area contributed by atoms with Gasteiger partial charge in [-0.25, -0.2) is 0 Å². The highest BCUT2D eigenvalue weighted by molar-refractivity contribution is 5.80. The Bertz CT molecular complexity index is 773. The van der Waals surface area contributed by atoms with E-state index in [0.717, 1.165) is 25.3 Å². The van der Waals surface area contributed by atoms with E-state index in [1.54, 1.807) is 0 Å². The average molecular weight is 324 g/mol. The van der Waals surface area contributed by atoms with E-state index in [0.29, 0.717) is 12.5 Å². The van der Waals surface area contributed by atoms with E-state index < -0.39 is 0 Å². The average Bonchev–Trinajstić information content (AvgIpc) is 3.21. The van der Waals surface area contributed by atoms with E-state index in [1.165, 1.54) is 29.4 Å². The van der Waals surface area contributed by atoms with Crippen LogP contribution in [0.2, 0.25) is 0 Å². The Morgan fingerprint density at radius 3 is 3.04 bits per heavy atom. The first kappa shape index (κ1) is 15.4. The first-order valence-corrected chi connectivity index (χ1v) is 8.75. The van der Waals surface area contributed by atoms with Crippen LogP contribution in [0.1, 0.15) is 30.1 Å². The Kier molecular flexibility index (Phi) is 4.36. The molecule has 1 fully saturated rings. The third-order valence-corrected chi connectivity index (χ3v) is 4.89. The van der Waals surface area contributed by atoms with Crippen LogP contribution in [0.3, 0.4) is 0 Å². The van der Waals surface area contributed by atoms with E-state index in [2.05, 4.69) is 51.4 Å². The fraction of sp³-hybridized carbons (Fsp3) is 0.421. The molecule has 5 heteroatoms. The minimum Gasteiger partial charge on any atom is -0.394 e. The van der Waals surface area contributed by atoms with E-state index >= 15 is 0 Å². The van der Waals surface area contributed by atoms with Crippen LogP contribution in [0.5, 0.6) is 0 Å². The molecule has 0 spiro atoms. The van der Waals surface area contributed by atoms with Crippen LogP contribution in [0.15, 0.2) is 42.6 Å². The summed E-state index contributed by atoms with van der Waals surface area (Å²) in [7, 11) is 0. The van der Waals surface area contributed by atoms with Gasteiger partial charge in [0.05, 0.1) is 18.8 Å². The summed E-state index contributed by atoms with van der Waals surface area (Å²) >= 11 is 0. The van der Waals surface area contributed by atoms with Crippen LogP contribution in [0.25, 0.3) is 10.9 Å². The first-order chi connectivity index (χ1) is 11.8. The smallest absolute Gasteiger partial charge is 0.0668 e. The van der Waals surface area contributed by atoms with Gasteiger partial charge in [0.15, 0.2) is 0 Å². The lowest BCUT2D eigenvalue weighted by Crippen LogP contribution is -2.34. The Morgan fingerprint density at radius 2 is 2.17 bits per heavy atom. The van der Waals surface area contributed by atoms with Gasteiger partial charge in [-0.2, -0.15) is 5.10 Å². The highest BCUT2D eigenvalue weighted by Crippen LogP contribution is 2.27. The fourth-order valence-electron chi connectivity index (χ4n) is 3.72. The number of H-pyrrole nitrogens is 1. The van der Waals surface area contributed by atoms with Gasteiger partial charge in [0, 0.05) is 36.4 Å². The maximum atomic E-state index is 9.03. The number of aliphatic hydroxyl groups excluding tert-OH is 1. The van der Waals surface area contributed by atoms with E-state index in [1.807, 2.05) is 10.9 Å². The normalized spacial score (nSPS) is 19.1. The predicted octanol–water partition coefficient (Wildman–Crippen LogP) is 2.74. The zero-order chi connectivity index (χ0) is 16.4. The zero-order valence-corrected chi connectivity index (χ0v) is 13.9. The number of rotatable bonds is 5. The molecule has 1 aliphatic rings. The number of likely N-dealkylation sites (tertiary alicyclic amines) is 1. The first-order valence-electron chi connectivity index (χ1n) is 8.75. The Hall–Kier alpha value is -2.11. The van der Waals surface area contributed by atoms with Crippen molar-refractivity contribution in [2.24, 2.45) is 0 Å². The summed E-state index contributed by atoms with van der Waals surface area (Å²) in [5, 5.41) is 14.9. The molecular formula is C19H24N4O. The molecule has 24 heavy (non-hydrogen) atoms. The summed E-state index contributed by atoms with van der Waals surface area (Å²) < 4.78 is 1.84. The summed E-state index contributed by atoms with van der Waals surface area (Å²) in [5.74, 6) is 0.489. The van der Waals surface area contributed by atoms with Crippen molar-refractivity contribution in [3.05, 3.63) is 54.0 Å². The maximum Gasteiger partial charge on any atom is 0.0668 e. The number of hydrogen-bond donors (Lipinski definition) is 2. The molecule has 3 aromatic rings. The molecule has 0 unspecified atom stereocenters. The molecular weight excluding hydrogens is 300 g/mol. The van der Waals surface area contributed by atoms with Gasteiger partial charge in [-0.05, 0) is 43.0 Å². The molecule has 1 aromatic carbocycles. The van der Waals surface area contributed by atoms with Gasteiger partial charge in [-0.15, -0.1) is 0 Å². The van der Waals surface area contributed by atoms with Gasteiger partial charge in [0.2, 0.25) is 0 Å². The summed E-state index contributed by atoms with van der Waals surface area (Å²) in [6, 6.07) is 12.8. The number of fused-ring (bicyclic) bond motifs is 1. The monoisotopic (exact) mass is 324 g/mol. The van der Waals surface area contributed by atoms with Crippen LogP contribution in [0, 0.1) is 0 Å². The number of benzene rings is 1. The summed E-state index contributed by atoms with van der Waals surface area (Å²) in [5.41, 5.74) is 3.65. The van der Waals surface area contributed by atoms with Gasteiger partial charge in [0.1, 0.15) is 0 Å². The number of piperidine rings is 1. The molecule has 3 heterocycles. The quantitative estimate of drug-likeness (QED) is 0.759. The van der Waals surface area contributed by atoms with E-state index in [9.17, 15) is 0 Å². The largest absolute Gasteiger partial charge is 0.394 e. The molecule has 126 valence electrons. The lowest BCUT2D eigenvalue weighted by molar-refractivity contribution is 0.196. The molecule has 1 atom stereocenters. The maximum absolute atomic E-state index is 9.03. The van der Waals surface area contributed by atoms with E-state index in [4.69, 9.17) is 5.11 Å². The van der Waals surface area contributed by atoms with Crippen molar-refractivity contribution < 1.29 is 5.11 Å². The van der Waals surface area contributed by atoms with Crippen molar-refractivity contribution in [2.45, 2.75) is 31.8 Å². The zero-order valence-electron chi connectivity index (χ0n) is 13.9. The minimum atomic E-state index is 0.137. The van der Waals surface area contributed by atoms with Crippen LogP contribution in [-0.2, 0) is 13.1 Å². The summed E-state index contributed by atoms with van der Waals surface area (Å²) in [6.45, 7) is 3.86. The molecule has 0 radical (unpaired) electrons. The Labute approximate surface area is 141 Å². The van der Waals surface area contributed by atoms with Crippen LogP contribution >= 0.6 is 0 Å². The number of nitrogens with one attached hydrogen (secondary N) is 1. The molecule has 5 nitrogen and oxygen atoms in total. The van der Waals surface area contributed by atoms with Crippen molar-refractivity contribution in [3.8, 4) is 0 Å². The van der Waals surface area contributed by atoms with Crippen molar-refractivity contribution in [1.82, 2.24) is 19.7 Å². The van der Waals surface area contributed by atoms with Crippen molar-refractivity contribution in [1.29, 1.82) is 0 Å². The van der Waals surface area contributed by atoms with E-state index in [-0.39, 0.29) is 6.61 Å². The highest BCUT2D eigenvalue weighted by Gasteiger charge is 2.23. The van der Waals surface area contributed by atoms with Crippen molar-refractivity contribution in [3.63, 3.8) is 0 Å². The molecule has 1 saturated heterocycles. The van der Waals surface area contributed by atoms with Gasteiger partial charge in [-0.1, -0.05) is 18.2 Å². The van der Waals surface area contributed by atoms with Crippen molar-refractivity contribution >= 4 is 10.9 Å². The highest BCUT2D eigenvalue weighted by atomic mass is 16.3. The number of nitrogens with zero attached hydrogens (tertiary/aromatic N) is 3. The van der Waals surface area contributed by atoms with Gasteiger partial charge >= 0.3 is 0 Å². The van der Waals surface area contributed by atoms with Crippen LogP contribution in [0.4, 0.5) is 0 Å². The van der Waals surface area contributed by atoms with Crippen LogP contribution in [-0.4, -0.2) is 44.5 Å². The topological polar surface area (TPSA) is 57.1 Å². The number of aromatic nitrogens is 3. The minimum absolute atomic E-state index is 0.137. The lowest BCUT2D eigenvalue weighted by Gasteiger charge is -2.31. The molecule has 1 aliphatic heterocycles. The number of aliphatic hydroxyl groups is 1. The second-order valence-corrected chi connectivity index (χ2v) is 6.68. The molecule has 0 amide bonds. The molecule has 0 aliphatic carbocycles. The second kappa shape index (κ2) is 6.79. The number of para-hydroxylation sites is 1. The van der Waals surface area contributed by atoms with Crippen molar-refractivity contribution in [2.75, 3.05) is 19.7 Å². The second-order valence-electron chi connectivity index (χ2n) is 6.68. The predicted molar refractivity (Wildman–Crippen MR) is 94.9 cm³/mol. The van der Waals surface area contributed by atoms with Gasteiger partial charge in [-0.3, -0.25) is 9.58 Å². The molecule has 2 aromatic heterocycles. The molecule has 2 N–H and O–H groups in total. The number of aromatic amines is 1. The van der Waals surface area contributed by atoms with Crippen LogP contribution < -0.4 is 0 Å². The summed E-state index contributed by atoms with van der Waals surface area (Å²) in [6.07, 6.45) is 4.37. The Balaban J connectivity index is 1.44. The summed E-state index contributed by atoms with van der Waals surface area (Å²) in [4.78, 5) is 6.05. The molecule has 0 saturated carbocycles. The lowest BCUT2D eigenvalue weighted by atomic mass is 9.95. The SMILES string of the molecule is OCCn1ccc([C@H]2CCCN(Cc3cc4ccccc4[nH]3)C2)n1. The third kappa shape index (κ3) is 3.23. The van der Waals surface area contributed by atoms with Gasteiger partial charge in [0.25, 0.3) is 0 Å². The fourth-order valence-corrected chi connectivity index (χ4v) is 3.72. The molecule has 0 bridgehead atoms. The molecule has 4 rings (SSSR count). The Morgan fingerprint density at radius 1 is 1.25 bits per heavy atom. The van der Waals surface area contributed by atoms with Gasteiger partial charge < -0.3 is 10.1 Å².